The van der Waals surface area contributed by atoms with E-state index in [1.165, 1.54) is 6.08 Å². The SMILES string of the molecule is O=C(/C=C/c1ccc(Br)s1)NCC1COc2ccccc2O1. The van der Waals surface area contributed by atoms with Crippen molar-refractivity contribution in [2.24, 2.45) is 0 Å². The van der Waals surface area contributed by atoms with Crippen LogP contribution in [0.2, 0.25) is 0 Å². The molecule has 1 aromatic heterocycles. The average molecular weight is 380 g/mol. The van der Waals surface area contributed by atoms with Crippen molar-refractivity contribution in [2.45, 2.75) is 6.10 Å². The van der Waals surface area contributed by atoms with Crippen molar-refractivity contribution in [3.05, 3.63) is 51.1 Å². The van der Waals surface area contributed by atoms with Crippen molar-refractivity contribution < 1.29 is 14.3 Å². The van der Waals surface area contributed by atoms with Crippen molar-refractivity contribution in [1.29, 1.82) is 0 Å². The fourth-order valence-electron chi connectivity index (χ4n) is 2.01. The zero-order chi connectivity index (χ0) is 15.4. The van der Waals surface area contributed by atoms with E-state index < -0.39 is 0 Å². The normalized spacial score (nSPS) is 16.7. The van der Waals surface area contributed by atoms with Crippen molar-refractivity contribution in [3.8, 4) is 11.5 Å². The van der Waals surface area contributed by atoms with Gasteiger partial charge in [0.2, 0.25) is 5.91 Å². The molecule has 0 radical (unpaired) electrons. The highest BCUT2D eigenvalue weighted by Crippen LogP contribution is 2.30. The first-order chi connectivity index (χ1) is 10.7. The van der Waals surface area contributed by atoms with E-state index in [9.17, 15) is 4.79 Å². The van der Waals surface area contributed by atoms with E-state index >= 15 is 0 Å². The standard InChI is InChI=1S/C16H14BrNO3S/c17-15-7-5-12(22-15)6-8-16(19)18-9-11-10-20-13-3-1-2-4-14(13)21-11/h1-8,11H,9-10H2,(H,18,19)/b8-6+. The number of carbonyl (C=O) groups is 1. The first kappa shape index (κ1) is 15.1. The Hall–Kier alpha value is -1.79. The summed E-state index contributed by atoms with van der Waals surface area (Å²) in [5.74, 6) is 1.31. The molecule has 1 atom stereocenters. The molecule has 6 heteroatoms. The Morgan fingerprint density at radius 1 is 1.32 bits per heavy atom. The van der Waals surface area contributed by atoms with E-state index in [1.807, 2.05) is 36.4 Å². The summed E-state index contributed by atoms with van der Waals surface area (Å²) >= 11 is 4.96. The van der Waals surface area contributed by atoms with Crippen LogP contribution in [0.4, 0.5) is 0 Å². The smallest absolute Gasteiger partial charge is 0.244 e. The molecule has 2 aromatic rings. The molecule has 0 spiro atoms. The molecular weight excluding hydrogens is 366 g/mol. The maximum atomic E-state index is 11.8. The molecule has 1 aliphatic heterocycles. The lowest BCUT2D eigenvalue weighted by molar-refractivity contribution is -0.116. The van der Waals surface area contributed by atoms with Crippen LogP contribution < -0.4 is 14.8 Å². The van der Waals surface area contributed by atoms with Crippen LogP contribution in [0, 0.1) is 0 Å². The number of hydrogen-bond acceptors (Lipinski definition) is 4. The summed E-state index contributed by atoms with van der Waals surface area (Å²) in [6.45, 7) is 0.838. The Morgan fingerprint density at radius 3 is 2.91 bits per heavy atom. The molecule has 4 nitrogen and oxygen atoms in total. The third-order valence-corrected chi connectivity index (χ3v) is 4.65. The van der Waals surface area contributed by atoms with Gasteiger partial charge in [0.15, 0.2) is 11.5 Å². The molecule has 0 saturated carbocycles. The number of benzene rings is 1. The number of halogens is 1. The second-order valence-electron chi connectivity index (χ2n) is 4.72. The molecule has 1 aliphatic rings. The van der Waals surface area contributed by atoms with Crippen molar-refractivity contribution in [1.82, 2.24) is 5.32 Å². The predicted octanol–water partition coefficient (Wildman–Crippen LogP) is 3.48. The molecule has 1 unspecified atom stereocenters. The van der Waals surface area contributed by atoms with E-state index in [-0.39, 0.29) is 12.0 Å². The Balaban J connectivity index is 1.49. The van der Waals surface area contributed by atoms with Gasteiger partial charge >= 0.3 is 0 Å². The maximum Gasteiger partial charge on any atom is 0.244 e. The fraction of sp³-hybridized carbons (Fsp3) is 0.188. The van der Waals surface area contributed by atoms with Crippen LogP contribution in [0.25, 0.3) is 6.08 Å². The highest BCUT2D eigenvalue weighted by molar-refractivity contribution is 9.11. The van der Waals surface area contributed by atoms with Crippen LogP contribution in [0.3, 0.4) is 0 Å². The summed E-state index contributed by atoms with van der Waals surface area (Å²) in [5.41, 5.74) is 0. The molecule has 0 saturated heterocycles. The van der Waals surface area contributed by atoms with Gasteiger partial charge in [0, 0.05) is 11.0 Å². The first-order valence-corrected chi connectivity index (χ1v) is 8.41. The quantitative estimate of drug-likeness (QED) is 0.827. The van der Waals surface area contributed by atoms with Crippen LogP contribution in [0.1, 0.15) is 4.88 Å². The third kappa shape index (κ3) is 3.90. The van der Waals surface area contributed by atoms with E-state index in [0.29, 0.717) is 18.9 Å². The van der Waals surface area contributed by atoms with E-state index in [4.69, 9.17) is 9.47 Å². The molecule has 0 fully saturated rings. The van der Waals surface area contributed by atoms with Gasteiger partial charge in [0.25, 0.3) is 0 Å². The first-order valence-electron chi connectivity index (χ1n) is 6.80. The second kappa shape index (κ2) is 6.98. The maximum absolute atomic E-state index is 11.8. The number of thiophene rings is 1. The predicted molar refractivity (Wildman–Crippen MR) is 90.4 cm³/mol. The average Bonchev–Trinajstić information content (AvgIpc) is 2.96. The number of fused-ring (bicyclic) bond motifs is 1. The number of para-hydroxylation sites is 2. The number of rotatable bonds is 4. The Labute approximate surface area is 140 Å². The Morgan fingerprint density at radius 2 is 2.14 bits per heavy atom. The van der Waals surface area contributed by atoms with Gasteiger partial charge in [-0.1, -0.05) is 12.1 Å². The summed E-state index contributed by atoms with van der Waals surface area (Å²) in [6, 6.07) is 11.4. The van der Waals surface area contributed by atoms with Crippen molar-refractivity contribution in [2.75, 3.05) is 13.2 Å². The molecular formula is C16H14BrNO3S. The minimum atomic E-state index is -0.178. The van der Waals surface area contributed by atoms with Crippen LogP contribution >= 0.6 is 27.3 Å². The Kier molecular flexibility index (Phi) is 4.80. The van der Waals surface area contributed by atoms with Gasteiger partial charge in [0.1, 0.15) is 12.7 Å². The highest BCUT2D eigenvalue weighted by Gasteiger charge is 2.20. The summed E-state index contributed by atoms with van der Waals surface area (Å²) in [7, 11) is 0. The summed E-state index contributed by atoms with van der Waals surface area (Å²) in [6.07, 6.45) is 3.14. The highest BCUT2D eigenvalue weighted by atomic mass is 79.9. The second-order valence-corrected chi connectivity index (χ2v) is 7.21. The largest absolute Gasteiger partial charge is 0.486 e. The molecule has 1 N–H and O–H groups in total. The molecule has 3 rings (SSSR count). The number of nitrogens with one attached hydrogen (secondary N) is 1. The summed E-state index contributed by atoms with van der Waals surface area (Å²) in [4.78, 5) is 12.8. The number of ether oxygens (including phenoxy) is 2. The van der Waals surface area contributed by atoms with Gasteiger partial charge in [0.05, 0.1) is 10.3 Å². The number of amides is 1. The van der Waals surface area contributed by atoms with Gasteiger partial charge in [-0.25, -0.2) is 0 Å². The Bertz CT molecular complexity index is 698. The molecule has 2 heterocycles. The lowest BCUT2D eigenvalue weighted by Crippen LogP contribution is -2.40. The molecule has 1 amide bonds. The van der Waals surface area contributed by atoms with Crippen molar-refractivity contribution >= 4 is 39.2 Å². The van der Waals surface area contributed by atoms with Gasteiger partial charge in [-0.05, 0) is 46.3 Å². The molecule has 1 aromatic carbocycles. The van der Waals surface area contributed by atoms with Crippen molar-refractivity contribution in [3.63, 3.8) is 0 Å². The molecule has 22 heavy (non-hydrogen) atoms. The van der Waals surface area contributed by atoms with Crippen LogP contribution in [0.15, 0.2) is 46.3 Å². The minimum absolute atomic E-state index is 0.146. The lowest BCUT2D eigenvalue weighted by Gasteiger charge is -2.26. The minimum Gasteiger partial charge on any atom is -0.486 e. The van der Waals surface area contributed by atoms with E-state index in [2.05, 4.69) is 21.2 Å². The van der Waals surface area contributed by atoms with Gasteiger partial charge in [-0.3, -0.25) is 4.79 Å². The van der Waals surface area contributed by atoms with Gasteiger partial charge < -0.3 is 14.8 Å². The van der Waals surface area contributed by atoms with E-state index in [0.717, 1.165) is 14.4 Å². The monoisotopic (exact) mass is 379 g/mol. The van der Waals surface area contributed by atoms with Gasteiger partial charge in [-0.15, -0.1) is 11.3 Å². The number of carbonyl (C=O) groups excluding carboxylic acids is 1. The zero-order valence-corrected chi connectivity index (χ0v) is 14.0. The summed E-state index contributed by atoms with van der Waals surface area (Å²) in [5, 5.41) is 2.82. The topological polar surface area (TPSA) is 47.6 Å². The number of hydrogen-bond donors (Lipinski definition) is 1. The van der Waals surface area contributed by atoms with Gasteiger partial charge in [-0.2, -0.15) is 0 Å². The van der Waals surface area contributed by atoms with E-state index in [1.54, 1.807) is 17.4 Å². The summed E-state index contributed by atoms with van der Waals surface area (Å²) < 4.78 is 12.4. The molecule has 0 aliphatic carbocycles. The zero-order valence-electron chi connectivity index (χ0n) is 11.6. The van der Waals surface area contributed by atoms with Crippen LogP contribution in [-0.2, 0) is 4.79 Å². The molecule has 0 bridgehead atoms. The molecule has 114 valence electrons. The third-order valence-electron chi connectivity index (χ3n) is 3.06. The lowest BCUT2D eigenvalue weighted by atomic mass is 10.2. The fourth-order valence-corrected chi connectivity index (χ4v) is 3.34. The van der Waals surface area contributed by atoms with Crippen LogP contribution in [-0.4, -0.2) is 25.2 Å². The van der Waals surface area contributed by atoms with Crippen LogP contribution in [0.5, 0.6) is 11.5 Å².